The van der Waals surface area contributed by atoms with E-state index in [4.69, 9.17) is 4.74 Å². The number of hydrogen-bond acceptors (Lipinski definition) is 3. The Hall–Kier alpha value is -1.06. The van der Waals surface area contributed by atoms with Crippen LogP contribution < -0.4 is 0 Å². The topological polar surface area (TPSA) is 46.6 Å². The van der Waals surface area contributed by atoms with Crippen LogP contribution >= 0.6 is 0 Å². The second-order valence-corrected chi connectivity index (χ2v) is 7.01. The summed E-state index contributed by atoms with van der Waals surface area (Å²) in [5, 5.41) is 0. The first-order valence-corrected chi connectivity index (χ1v) is 9.16. The van der Waals surface area contributed by atoms with Gasteiger partial charge in [0.2, 0.25) is 0 Å². The number of imide groups is 1. The molecule has 2 saturated heterocycles. The average molecular weight is 309 g/mol. The smallest absolute Gasteiger partial charge is 0.417 e. The number of rotatable bonds is 11. The maximum absolute atomic E-state index is 12.2. The number of hydrogen-bond donors (Lipinski definition) is 0. The molecule has 2 aliphatic heterocycles. The number of fused-ring (bicyclic) bond motifs is 2. The molecule has 0 aromatic heterocycles. The number of carbonyl (C=O) groups excluding carboxylic acids is 2. The lowest BCUT2D eigenvalue weighted by atomic mass is 9.86. The molecule has 2 fully saturated rings. The lowest BCUT2D eigenvalue weighted by Crippen LogP contribution is -2.41. The summed E-state index contributed by atoms with van der Waals surface area (Å²) in [6.07, 6.45) is 13.0. The molecule has 2 rings (SSSR count). The van der Waals surface area contributed by atoms with Crippen LogP contribution in [0.5, 0.6) is 0 Å². The zero-order chi connectivity index (χ0) is 16.0. The molecule has 0 spiro atoms. The van der Waals surface area contributed by atoms with Crippen molar-refractivity contribution in [2.45, 2.75) is 90.1 Å². The standard InChI is InChI=1S/C18H31NO3/c1-3-4-5-6-7-8-9-10-11-12-13-18-15(2)14-19(16(18)20)17(21)22-18/h15H,3-14H2,1-2H3. The van der Waals surface area contributed by atoms with E-state index < -0.39 is 11.7 Å². The van der Waals surface area contributed by atoms with Crippen molar-refractivity contribution in [3.05, 3.63) is 0 Å². The van der Waals surface area contributed by atoms with Crippen molar-refractivity contribution in [2.24, 2.45) is 5.92 Å². The molecular formula is C18H31NO3. The van der Waals surface area contributed by atoms with Gasteiger partial charge in [0.05, 0.1) is 0 Å². The van der Waals surface area contributed by atoms with Crippen molar-refractivity contribution in [1.82, 2.24) is 4.90 Å². The first-order valence-electron chi connectivity index (χ1n) is 9.16. The molecule has 2 aliphatic rings. The number of nitrogens with zero attached hydrogens (tertiary/aromatic N) is 1. The molecule has 2 atom stereocenters. The normalized spacial score (nSPS) is 26.8. The zero-order valence-corrected chi connectivity index (χ0v) is 14.2. The summed E-state index contributed by atoms with van der Waals surface area (Å²) in [6, 6.07) is 0. The molecule has 4 heteroatoms. The van der Waals surface area contributed by atoms with Crippen molar-refractivity contribution in [3.63, 3.8) is 0 Å². The molecule has 2 bridgehead atoms. The van der Waals surface area contributed by atoms with Gasteiger partial charge in [-0.1, -0.05) is 71.6 Å². The third kappa shape index (κ3) is 3.64. The van der Waals surface area contributed by atoms with E-state index in [1.807, 2.05) is 6.92 Å². The first-order chi connectivity index (χ1) is 10.6. The van der Waals surface area contributed by atoms with Crippen molar-refractivity contribution in [2.75, 3.05) is 6.54 Å². The number of carbonyl (C=O) groups is 2. The van der Waals surface area contributed by atoms with Crippen LogP contribution in [0, 0.1) is 5.92 Å². The molecule has 22 heavy (non-hydrogen) atoms. The highest BCUT2D eigenvalue weighted by Crippen LogP contribution is 2.42. The molecule has 2 amide bonds. The lowest BCUT2D eigenvalue weighted by molar-refractivity contribution is -0.134. The van der Waals surface area contributed by atoms with Gasteiger partial charge in [-0.3, -0.25) is 4.79 Å². The Kier molecular flexibility index (Phi) is 6.27. The third-order valence-corrected chi connectivity index (χ3v) is 5.25. The highest BCUT2D eigenvalue weighted by molar-refractivity contribution is 6.05. The molecule has 0 saturated carbocycles. The van der Waals surface area contributed by atoms with Crippen molar-refractivity contribution < 1.29 is 14.3 Å². The number of ether oxygens (including phenoxy) is 1. The molecule has 0 aromatic rings. The van der Waals surface area contributed by atoms with Crippen LogP contribution in [0.15, 0.2) is 0 Å². The van der Waals surface area contributed by atoms with Gasteiger partial charge in [-0.05, 0) is 12.8 Å². The largest absolute Gasteiger partial charge is 0.432 e. The van der Waals surface area contributed by atoms with Gasteiger partial charge in [0.1, 0.15) is 0 Å². The molecule has 0 radical (unpaired) electrons. The molecule has 0 aliphatic carbocycles. The Labute approximate surface area is 134 Å². The third-order valence-electron chi connectivity index (χ3n) is 5.25. The summed E-state index contributed by atoms with van der Waals surface area (Å²) in [6.45, 7) is 4.80. The Morgan fingerprint density at radius 2 is 1.55 bits per heavy atom. The summed E-state index contributed by atoms with van der Waals surface area (Å²) in [7, 11) is 0. The summed E-state index contributed by atoms with van der Waals surface area (Å²) in [5.41, 5.74) is -0.822. The highest BCUT2D eigenvalue weighted by Gasteiger charge is 2.62. The zero-order valence-electron chi connectivity index (χ0n) is 14.2. The van der Waals surface area contributed by atoms with Gasteiger partial charge in [-0.15, -0.1) is 0 Å². The van der Waals surface area contributed by atoms with E-state index in [0.29, 0.717) is 13.0 Å². The summed E-state index contributed by atoms with van der Waals surface area (Å²) < 4.78 is 5.39. The Bertz CT molecular complexity index is 396. The molecule has 2 unspecified atom stereocenters. The van der Waals surface area contributed by atoms with Gasteiger partial charge < -0.3 is 4.74 Å². The predicted molar refractivity (Wildman–Crippen MR) is 86.6 cm³/mol. The van der Waals surface area contributed by atoms with E-state index in [9.17, 15) is 9.59 Å². The maximum Gasteiger partial charge on any atom is 0.417 e. The van der Waals surface area contributed by atoms with E-state index in [2.05, 4.69) is 6.92 Å². The van der Waals surface area contributed by atoms with Crippen LogP contribution in [0.3, 0.4) is 0 Å². The number of amides is 2. The first kappa shape index (κ1) is 17.3. The van der Waals surface area contributed by atoms with Crippen molar-refractivity contribution in [3.8, 4) is 0 Å². The van der Waals surface area contributed by atoms with E-state index in [0.717, 1.165) is 12.8 Å². The van der Waals surface area contributed by atoms with Crippen molar-refractivity contribution in [1.29, 1.82) is 0 Å². The predicted octanol–water partition coefficient (Wildman–Crippen LogP) is 4.66. The Balaban J connectivity index is 1.55. The fourth-order valence-corrected chi connectivity index (χ4v) is 3.74. The van der Waals surface area contributed by atoms with Gasteiger partial charge >= 0.3 is 6.09 Å². The van der Waals surface area contributed by atoms with Crippen LogP contribution in [-0.4, -0.2) is 29.0 Å². The van der Waals surface area contributed by atoms with E-state index in [-0.39, 0.29) is 11.8 Å². The van der Waals surface area contributed by atoms with E-state index >= 15 is 0 Å². The van der Waals surface area contributed by atoms with Crippen LogP contribution in [0.25, 0.3) is 0 Å². The summed E-state index contributed by atoms with van der Waals surface area (Å²) >= 11 is 0. The SMILES string of the molecule is CCCCCCCCCCCCC12OC(=O)N(CC1C)C2=O. The second kappa shape index (κ2) is 7.98. The van der Waals surface area contributed by atoms with Crippen LogP contribution in [0.1, 0.15) is 84.5 Å². The Morgan fingerprint density at radius 3 is 2.05 bits per heavy atom. The molecule has 0 aromatic carbocycles. The fourth-order valence-electron chi connectivity index (χ4n) is 3.74. The number of unbranched alkanes of at least 4 members (excludes halogenated alkanes) is 9. The minimum atomic E-state index is -0.822. The van der Waals surface area contributed by atoms with Gasteiger partial charge in [-0.25, -0.2) is 9.69 Å². The monoisotopic (exact) mass is 309 g/mol. The second-order valence-electron chi connectivity index (χ2n) is 7.01. The average Bonchev–Trinajstić information content (AvgIpc) is 2.87. The minimum Gasteiger partial charge on any atom is -0.432 e. The van der Waals surface area contributed by atoms with Gasteiger partial charge in [0.25, 0.3) is 5.91 Å². The minimum absolute atomic E-state index is 0.0964. The molecule has 0 N–H and O–H groups in total. The van der Waals surface area contributed by atoms with Crippen LogP contribution in [0.2, 0.25) is 0 Å². The Morgan fingerprint density at radius 1 is 1.00 bits per heavy atom. The van der Waals surface area contributed by atoms with Crippen LogP contribution in [0.4, 0.5) is 4.79 Å². The van der Waals surface area contributed by atoms with Gasteiger partial charge in [-0.2, -0.15) is 0 Å². The van der Waals surface area contributed by atoms with Crippen molar-refractivity contribution >= 4 is 12.0 Å². The molecule has 4 nitrogen and oxygen atoms in total. The van der Waals surface area contributed by atoms with Crippen LogP contribution in [-0.2, 0) is 9.53 Å². The van der Waals surface area contributed by atoms with E-state index in [1.54, 1.807) is 0 Å². The van der Waals surface area contributed by atoms with Gasteiger partial charge in [0.15, 0.2) is 5.60 Å². The highest BCUT2D eigenvalue weighted by atomic mass is 16.6. The molecular weight excluding hydrogens is 278 g/mol. The fraction of sp³-hybridized carbons (Fsp3) is 0.889. The quantitative estimate of drug-likeness (QED) is 0.521. The summed E-state index contributed by atoms with van der Waals surface area (Å²) in [5.74, 6) is 0.0391. The summed E-state index contributed by atoms with van der Waals surface area (Å²) in [4.78, 5) is 25.0. The maximum atomic E-state index is 12.2. The van der Waals surface area contributed by atoms with Gasteiger partial charge in [0, 0.05) is 12.5 Å². The lowest BCUT2D eigenvalue weighted by Gasteiger charge is -2.28. The molecule has 2 heterocycles. The van der Waals surface area contributed by atoms with E-state index in [1.165, 1.54) is 56.3 Å². The molecule has 126 valence electrons.